The highest BCUT2D eigenvalue weighted by molar-refractivity contribution is 9.10. The Morgan fingerprint density at radius 2 is 1.77 bits per heavy atom. The van der Waals surface area contributed by atoms with Gasteiger partial charge in [0.05, 0.1) is 19.2 Å². The maximum absolute atomic E-state index is 13.7. The van der Waals surface area contributed by atoms with E-state index in [9.17, 15) is 4.79 Å². The molecular weight excluding hydrogens is 452 g/mol. The molecule has 162 valence electrons. The molecule has 1 aliphatic carbocycles. The number of carbonyl (C=O) groups excluding carboxylic acids is 1. The Morgan fingerprint density at radius 1 is 1.03 bits per heavy atom. The zero-order valence-corrected chi connectivity index (χ0v) is 19.6. The normalized spacial score (nSPS) is 14.4. The number of halogens is 1. The van der Waals surface area contributed by atoms with Crippen molar-refractivity contribution in [3.05, 3.63) is 88.2 Å². The van der Waals surface area contributed by atoms with Gasteiger partial charge < -0.3 is 14.2 Å². The molecule has 0 aliphatic heterocycles. The maximum atomic E-state index is 13.7. The largest absolute Gasteiger partial charge is 0.496 e. The van der Waals surface area contributed by atoms with Gasteiger partial charge in [-0.25, -0.2) is 0 Å². The van der Waals surface area contributed by atoms with Gasteiger partial charge in [-0.2, -0.15) is 0 Å². The first-order valence-corrected chi connectivity index (χ1v) is 11.8. The minimum absolute atomic E-state index is 0.0562. The van der Waals surface area contributed by atoms with E-state index < -0.39 is 0 Å². The van der Waals surface area contributed by atoms with Gasteiger partial charge >= 0.3 is 0 Å². The second-order valence-electron chi connectivity index (χ2n) is 8.18. The first kappa shape index (κ1) is 21.7. The van der Waals surface area contributed by atoms with E-state index in [1.54, 1.807) is 7.11 Å². The molecule has 4 nitrogen and oxygen atoms in total. The molecule has 1 saturated carbocycles. The van der Waals surface area contributed by atoms with Crippen molar-refractivity contribution >= 4 is 21.8 Å². The van der Waals surface area contributed by atoms with Gasteiger partial charge in [-0.1, -0.05) is 59.5 Å². The minimum atomic E-state index is 0.0562. The molecular formula is C26H29BrN2O2. The van der Waals surface area contributed by atoms with Crippen LogP contribution in [-0.4, -0.2) is 28.5 Å². The quantitative estimate of drug-likeness (QED) is 0.398. The highest BCUT2D eigenvalue weighted by atomic mass is 79.9. The second-order valence-corrected chi connectivity index (χ2v) is 9.09. The summed E-state index contributed by atoms with van der Waals surface area (Å²) in [6.45, 7) is 1.39. The molecule has 1 heterocycles. The number of hydrogen-bond acceptors (Lipinski definition) is 2. The van der Waals surface area contributed by atoms with Gasteiger partial charge in [0.2, 0.25) is 0 Å². The van der Waals surface area contributed by atoms with Crippen LogP contribution in [-0.2, 0) is 13.1 Å². The molecule has 0 saturated heterocycles. The van der Waals surface area contributed by atoms with Gasteiger partial charge in [-0.3, -0.25) is 4.79 Å². The van der Waals surface area contributed by atoms with Crippen molar-refractivity contribution < 1.29 is 9.53 Å². The van der Waals surface area contributed by atoms with E-state index in [4.69, 9.17) is 4.74 Å². The Balaban J connectivity index is 1.60. The summed E-state index contributed by atoms with van der Waals surface area (Å²) < 4.78 is 8.82. The Hall–Kier alpha value is -2.53. The maximum Gasteiger partial charge on any atom is 0.258 e. The molecule has 31 heavy (non-hydrogen) atoms. The van der Waals surface area contributed by atoms with Crippen molar-refractivity contribution in [3.8, 4) is 5.75 Å². The van der Waals surface area contributed by atoms with Crippen LogP contribution in [0.4, 0.5) is 0 Å². The number of carbonyl (C=O) groups is 1. The van der Waals surface area contributed by atoms with Crippen molar-refractivity contribution in [2.24, 2.45) is 0 Å². The molecule has 1 aromatic heterocycles. The standard InChI is InChI=1S/C26H29BrN2O2/c1-31-25-12-6-5-11-24(25)26(30)29(22-8-3-2-4-9-22)19-23-10-7-17-28(23)18-20-13-15-21(27)16-14-20/h5-7,10-17,22H,2-4,8-9,18-19H2,1H3. The van der Waals surface area contributed by atoms with Crippen LogP contribution < -0.4 is 4.74 Å². The molecule has 1 amide bonds. The van der Waals surface area contributed by atoms with E-state index >= 15 is 0 Å². The van der Waals surface area contributed by atoms with E-state index in [1.807, 2.05) is 24.3 Å². The molecule has 0 N–H and O–H groups in total. The molecule has 0 spiro atoms. The Bertz CT molecular complexity index is 1010. The fourth-order valence-corrected chi connectivity index (χ4v) is 4.71. The summed E-state index contributed by atoms with van der Waals surface area (Å²) in [5, 5.41) is 0. The third kappa shape index (κ3) is 5.21. The van der Waals surface area contributed by atoms with E-state index in [1.165, 1.54) is 24.8 Å². The van der Waals surface area contributed by atoms with Gasteiger partial charge in [0, 0.05) is 29.0 Å². The molecule has 0 unspecified atom stereocenters. The van der Waals surface area contributed by atoms with E-state index in [0.29, 0.717) is 17.9 Å². The second kappa shape index (κ2) is 10.2. The fraction of sp³-hybridized carbons (Fsp3) is 0.346. The summed E-state index contributed by atoms with van der Waals surface area (Å²) in [6.07, 6.45) is 7.85. The summed E-state index contributed by atoms with van der Waals surface area (Å²) in [5.74, 6) is 0.694. The molecule has 1 aliphatic rings. The predicted molar refractivity (Wildman–Crippen MR) is 127 cm³/mol. The van der Waals surface area contributed by atoms with E-state index in [0.717, 1.165) is 29.6 Å². The molecule has 5 heteroatoms. The SMILES string of the molecule is COc1ccccc1C(=O)N(Cc1cccn1Cc1ccc(Br)cc1)C1CCCCC1. The smallest absolute Gasteiger partial charge is 0.258 e. The van der Waals surface area contributed by atoms with Crippen molar-refractivity contribution in [3.63, 3.8) is 0 Å². The first-order valence-electron chi connectivity index (χ1n) is 11.0. The molecule has 1 fully saturated rings. The number of aromatic nitrogens is 1. The number of benzene rings is 2. The summed E-state index contributed by atoms with van der Waals surface area (Å²) in [5.41, 5.74) is 3.03. The average Bonchev–Trinajstić information content (AvgIpc) is 3.25. The number of amides is 1. The molecule has 3 aromatic rings. The fourth-order valence-electron chi connectivity index (χ4n) is 4.44. The zero-order chi connectivity index (χ0) is 21.6. The third-order valence-corrected chi connectivity index (χ3v) is 6.66. The number of nitrogens with zero attached hydrogens (tertiary/aromatic N) is 2. The summed E-state index contributed by atoms with van der Waals surface area (Å²) >= 11 is 3.50. The van der Waals surface area contributed by atoms with Gasteiger partial charge in [0.25, 0.3) is 5.91 Å². The Kier molecular flexibility index (Phi) is 7.13. The monoisotopic (exact) mass is 480 g/mol. The van der Waals surface area contributed by atoms with Gasteiger partial charge in [-0.15, -0.1) is 0 Å². The summed E-state index contributed by atoms with van der Waals surface area (Å²) in [7, 11) is 1.63. The third-order valence-electron chi connectivity index (χ3n) is 6.14. The van der Waals surface area contributed by atoms with Crippen LogP contribution in [0.5, 0.6) is 5.75 Å². The zero-order valence-electron chi connectivity index (χ0n) is 18.0. The lowest BCUT2D eigenvalue weighted by atomic mass is 9.93. The van der Waals surface area contributed by atoms with Crippen LogP contribution in [0, 0.1) is 0 Å². The lowest BCUT2D eigenvalue weighted by Gasteiger charge is -2.35. The molecule has 0 radical (unpaired) electrons. The number of ether oxygens (including phenoxy) is 1. The highest BCUT2D eigenvalue weighted by Gasteiger charge is 2.28. The Labute approximate surface area is 193 Å². The number of hydrogen-bond donors (Lipinski definition) is 0. The summed E-state index contributed by atoms with van der Waals surface area (Å²) in [4.78, 5) is 15.8. The van der Waals surface area contributed by atoms with Crippen LogP contribution in [0.25, 0.3) is 0 Å². The van der Waals surface area contributed by atoms with Crippen LogP contribution in [0.3, 0.4) is 0 Å². The van der Waals surface area contributed by atoms with E-state index in [2.05, 4.69) is 68.0 Å². The molecule has 2 aromatic carbocycles. The molecule has 0 bridgehead atoms. The molecule has 0 atom stereocenters. The predicted octanol–water partition coefficient (Wildman–Crippen LogP) is 6.28. The summed E-state index contributed by atoms with van der Waals surface area (Å²) in [6, 6.07) is 20.4. The van der Waals surface area contributed by atoms with Crippen molar-refractivity contribution in [2.45, 2.75) is 51.2 Å². The Morgan fingerprint density at radius 3 is 2.52 bits per heavy atom. The van der Waals surface area contributed by atoms with Crippen molar-refractivity contribution in [2.75, 3.05) is 7.11 Å². The lowest BCUT2D eigenvalue weighted by molar-refractivity contribution is 0.0605. The highest BCUT2D eigenvalue weighted by Crippen LogP contribution is 2.28. The van der Waals surface area contributed by atoms with Gasteiger partial charge in [0.1, 0.15) is 5.75 Å². The van der Waals surface area contributed by atoms with Crippen molar-refractivity contribution in [1.82, 2.24) is 9.47 Å². The molecule has 4 rings (SSSR count). The lowest BCUT2D eigenvalue weighted by Crippen LogP contribution is -2.41. The van der Waals surface area contributed by atoms with E-state index in [-0.39, 0.29) is 11.9 Å². The van der Waals surface area contributed by atoms with Crippen molar-refractivity contribution in [1.29, 1.82) is 0 Å². The first-order chi connectivity index (χ1) is 15.2. The van der Waals surface area contributed by atoms with Crippen LogP contribution in [0.2, 0.25) is 0 Å². The minimum Gasteiger partial charge on any atom is -0.496 e. The number of methoxy groups -OCH3 is 1. The van der Waals surface area contributed by atoms with Gasteiger partial charge in [-0.05, 0) is 54.8 Å². The van der Waals surface area contributed by atoms with Crippen LogP contribution in [0.1, 0.15) is 53.7 Å². The average molecular weight is 481 g/mol. The number of rotatable bonds is 7. The van der Waals surface area contributed by atoms with Crippen LogP contribution >= 0.6 is 15.9 Å². The van der Waals surface area contributed by atoms with Crippen LogP contribution in [0.15, 0.2) is 71.3 Å². The van der Waals surface area contributed by atoms with Gasteiger partial charge in [0.15, 0.2) is 0 Å². The topological polar surface area (TPSA) is 34.5 Å². The number of para-hydroxylation sites is 1.